The molecule has 1 aliphatic rings. The van der Waals surface area contributed by atoms with Gasteiger partial charge in [-0.05, 0) is 27.2 Å². The predicted octanol–water partition coefficient (Wildman–Crippen LogP) is 1.69. The number of rotatable bonds is 1. The van der Waals surface area contributed by atoms with E-state index in [0.29, 0.717) is 45.9 Å². The van der Waals surface area contributed by atoms with Crippen molar-refractivity contribution in [2.75, 3.05) is 52.1 Å². The highest BCUT2D eigenvalue weighted by Crippen LogP contribution is 2.10. The van der Waals surface area contributed by atoms with Crippen LogP contribution in [-0.2, 0) is 19.0 Å². The summed E-state index contributed by atoms with van der Waals surface area (Å²) in [5.41, 5.74) is -0.527. The van der Waals surface area contributed by atoms with Gasteiger partial charge in [-0.25, -0.2) is 4.79 Å². The van der Waals surface area contributed by atoms with Crippen molar-refractivity contribution in [3.8, 4) is 0 Å². The minimum atomic E-state index is -0.527. The zero-order chi connectivity index (χ0) is 17.3. The van der Waals surface area contributed by atoms with Gasteiger partial charge in [0.2, 0.25) is 5.91 Å². The van der Waals surface area contributed by atoms with Crippen molar-refractivity contribution in [1.29, 1.82) is 0 Å². The van der Waals surface area contributed by atoms with Crippen molar-refractivity contribution in [2.24, 2.45) is 0 Å². The Morgan fingerprint density at radius 3 is 2.30 bits per heavy atom. The monoisotopic (exact) mass is 350 g/mol. The number of nitrogens with zero attached hydrogens (tertiary/aromatic N) is 2. The number of carbonyl (C=O) groups is 2. The Balaban J connectivity index is 2.51. The maximum Gasteiger partial charge on any atom is 0.410 e. The van der Waals surface area contributed by atoms with Gasteiger partial charge in [-0.1, -0.05) is 0 Å². The number of carbonyl (C=O) groups excluding carboxylic acids is 2. The molecule has 0 bridgehead atoms. The highest BCUT2D eigenvalue weighted by Gasteiger charge is 2.22. The minimum Gasteiger partial charge on any atom is -0.444 e. The Morgan fingerprint density at radius 2 is 1.70 bits per heavy atom. The van der Waals surface area contributed by atoms with Gasteiger partial charge in [0.05, 0.1) is 19.8 Å². The summed E-state index contributed by atoms with van der Waals surface area (Å²) in [7, 11) is 0. The summed E-state index contributed by atoms with van der Waals surface area (Å²) in [5, 5.41) is 0. The van der Waals surface area contributed by atoms with Gasteiger partial charge in [0.15, 0.2) is 0 Å². The largest absolute Gasteiger partial charge is 0.444 e. The molecule has 1 rings (SSSR count). The molecule has 0 N–H and O–H groups in total. The van der Waals surface area contributed by atoms with E-state index in [9.17, 15) is 9.59 Å². The fourth-order valence-electron chi connectivity index (χ4n) is 1.95. The molecule has 0 aromatic rings. The summed E-state index contributed by atoms with van der Waals surface area (Å²) in [4.78, 5) is 26.9. The molecule has 0 saturated carbocycles. The fraction of sp³-hybridized carbons (Fsp3) is 0.867. The lowest BCUT2D eigenvalue weighted by molar-refractivity contribution is -0.135. The molecule has 0 radical (unpaired) electrons. The number of halogens is 1. The van der Waals surface area contributed by atoms with E-state index in [4.69, 9.17) is 25.8 Å². The zero-order valence-electron chi connectivity index (χ0n) is 14.2. The summed E-state index contributed by atoms with van der Waals surface area (Å²) in [6.45, 7) is 8.28. The first-order chi connectivity index (χ1) is 10.8. The van der Waals surface area contributed by atoms with Gasteiger partial charge in [0.25, 0.3) is 0 Å². The maximum absolute atomic E-state index is 12.2. The fourth-order valence-corrected chi connectivity index (χ4v) is 2.12. The summed E-state index contributed by atoms with van der Waals surface area (Å²) < 4.78 is 16.4. The van der Waals surface area contributed by atoms with Crippen LogP contribution in [0.3, 0.4) is 0 Å². The van der Waals surface area contributed by atoms with E-state index >= 15 is 0 Å². The lowest BCUT2D eigenvalue weighted by Gasteiger charge is -2.28. The second-order valence-corrected chi connectivity index (χ2v) is 6.53. The molecule has 8 heteroatoms. The van der Waals surface area contributed by atoms with Crippen LogP contribution in [0.1, 0.15) is 27.2 Å². The van der Waals surface area contributed by atoms with E-state index in [-0.39, 0.29) is 24.6 Å². The standard InChI is InChI=1S/C15H27ClN2O5/c1-15(2,3)23-14(20)17-5-4-8-22-12-18(13(19)11-16)7-10-21-9-6-17/h4-12H2,1-3H3. The molecule has 1 saturated heterocycles. The van der Waals surface area contributed by atoms with E-state index in [1.54, 1.807) is 4.90 Å². The van der Waals surface area contributed by atoms with Crippen LogP contribution < -0.4 is 0 Å². The van der Waals surface area contributed by atoms with Gasteiger partial charge in [-0.15, -0.1) is 11.6 Å². The van der Waals surface area contributed by atoms with E-state index in [0.717, 1.165) is 0 Å². The number of hydrogen-bond acceptors (Lipinski definition) is 5. The van der Waals surface area contributed by atoms with Crippen molar-refractivity contribution in [1.82, 2.24) is 9.80 Å². The van der Waals surface area contributed by atoms with Crippen molar-refractivity contribution >= 4 is 23.6 Å². The van der Waals surface area contributed by atoms with Gasteiger partial charge in [-0.3, -0.25) is 4.79 Å². The molecule has 134 valence electrons. The lowest BCUT2D eigenvalue weighted by Crippen LogP contribution is -2.41. The predicted molar refractivity (Wildman–Crippen MR) is 86.5 cm³/mol. The number of hydrogen-bond donors (Lipinski definition) is 0. The Morgan fingerprint density at radius 1 is 1.04 bits per heavy atom. The third-order valence-electron chi connectivity index (χ3n) is 3.09. The van der Waals surface area contributed by atoms with E-state index < -0.39 is 5.60 Å². The van der Waals surface area contributed by atoms with Gasteiger partial charge in [0, 0.05) is 19.6 Å². The average Bonchev–Trinajstić information content (AvgIpc) is 2.45. The van der Waals surface area contributed by atoms with Crippen LogP contribution in [0.5, 0.6) is 0 Å². The van der Waals surface area contributed by atoms with Gasteiger partial charge in [0.1, 0.15) is 18.2 Å². The summed E-state index contributed by atoms with van der Waals surface area (Å²) >= 11 is 5.57. The Labute approximate surface area is 142 Å². The topological polar surface area (TPSA) is 68.3 Å². The zero-order valence-corrected chi connectivity index (χ0v) is 14.9. The summed E-state index contributed by atoms with van der Waals surface area (Å²) in [6, 6.07) is 0. The van der Waals surface area contributed by atoms with E-state index in [2.05, 4.69) is 0 Å². The third-order valence-corrected chi connectivity index (χ3v) is 3.32. The number of ether oxygens (including phenoxy) is 3. The molecule has 0 aromatic heterocycles. The molecular weight excluding hydrogens is 324 g/mol. The second-order valence-electron chi connectivity index (χ2n) is 6.26. The van der Waals surface area contributed by atoms with Crippen LogP contribution in [0, 0.1) is 0 Å². The van der Waals surface area contributed by atoms with E-state index in [1.807, 2.05) is 20.8 Å². The Kier molecular flexibility index (Phi) is 8.65. The van der Waals surface area contributed by atoms with Crippen LogP contribution in [0.2, 0.25) is 0 Å². The second kappa shape index (κ2) is 9.95. The molecule has 0 unspecified atom stereocenters. The molecule has 0 aromatic carbocycles. The Hall–Kier alpha value is -1.05. The normalized spacial score (nSPS) is 18.8. The van der Waals surface area contributed by atoms with Gasteiger partial charge >= 0.3 is 6.09 Å². The van der Waals surface area contributed by atoms with Crippen LogP contribution in [0.25, 0.3) is 0 Å². The molecule has 1 aliphatic heterocycles. The van der Waals surface area contributed by atoms with Crippen LogP contribution in [0.15, 0.2) is 0 Å². The quantitative estimate of drug-likeness (QED) is 0.673. The van der Waals surface area contributed by atoms with Crippen molar-refractivity contribution in [3.63, 3.8) is 0 Å². The summed E-state index contributed by atoms with van der Waals surface area (Å²) in [5.74, 6) is -0.252. The number of alkyl halides is 1. The van der Waals surface area contributed by atoms with Crippen molar-refractivity contribution in [3.05, 3.63) is 0 Å². The minimum absolute atomic E-state index is 0.0736. The molecule has 1 heterocycles. The molecule has 1 fully saturated rings. The van der Waals surface area contributed by atoms with Crippen molar-refractivity contribution in [2.45, 2.75) is 32.8 Å². The van der Waals surface area contributed by atoms with Crippen LogP contribution in [-0.4, -0.2) is 79.5 Å². The molecular formula is C15H27ClN2O5. The Bertz CT molecular complexity index is 373. The molecule has 7 nitrogen and oxygen atoms in total. The highest BCUT2D eigenvalue weighted by molar-refractivity contribution is 6.27. The SMILES string of the molecule is CC(C)(C)OC(=O)N1CCCOCN(C(=O)CCl)CCOCC1. The first kappa shape index (κ1) is 20.0. The lowest BCUT2D eigenvalue weighted by atomic mass is 10.2. The molecule has 2 amide bonds. The van der Waals surface area contributed by atoms with Crippen LogP contribution >= 0.6 is 11.6 Å². The number of amides is 2. The first-order valence-electron chi connectivity index (χ1n) is 7.80. The average molecular weight is 351 g/mol. The summed E-state index contributed by atoms with van der Waals surface area (Å²) in [6.07, 6.45) is 0.305. The molecule has 0 atom stereocenters. The van der Waals surface area contributed by atoms with Gasteiger partial charge in [-0.2, -0.15) is 0 Å². The van der Waals surface area contributed by atoms with Crippen molar-refractivity contribution < 1.29 is 23.8 Å². The van der Waals surface area contributed by atoms with E-state index in [1.165, 1.54) is 4.90 Å². The molecule has 23 heavy (non-hydrogen) atoms. The maximum atomic E-state index is 12.2. The first-order valence-corrected chi connectivity index (χ1v) is 8.34. The highest BCUT2D eigenvalue weighted by atomic mass is 35.5. The molecule has 0 aliphatic carbocycles. The smallest absolute Gasteiger partial charge is 0.410 e. The third kappa shape index (κ3) is 8.39. The molecule has 0 spiro atoms. The van der Waals surface area contributed by atoms with Crippen LogP contribution in [0.4, 0.5) is 4.79 Å². The van der Waals surface area contributed by atoms with Gasteiger partial charge < -0.3 is 24.0 Å².